The normalized spacial score (nSPS) is 11.3. The predicted molar refractivity (Wildman–Crippen MR) is 79.3 cm³/mol. The number of nitrogens with zero attached hydrogens (tertiary/aromatic N) is 4. The van der Waals surface area contributed by atoms with Crippen molar-refractivity contribution in [2.24, 2.45) is 7.05 Å². The van der Waals surface area contributed by atoms with Gasteiger partial charge in [0.15, 0.2) is 5.65 Å². The lowest BCUT2D eigenvalue weighted by Gasteiger charge is -2.06. The average molecular weight is 320 g/mol. The number of hydrogen-bond donors (Lipinski definition) is 1. The van der Waals surface area contributed by atoms with E-state index in [4.69, 9.17) is 5.73 Å². The molecule has 3 rings (SSSR count). The van der Waals surface area contributed by atoms with Crippen LogP contribution in [0.2, 0.25) is 0 Å². The summed E-state index contributed by atoms with van der Waals surface area (Å²) in [4.78, 5) is 4.45. The Morgan fingerprint density at radius 2 is 1.95 bits per heavy atom. The number of rotatable bonds is 2. The van der Waals surface area contributed by atoms with Crippen LogP contribution in [-0.2, 0) is 13.5 Å². The van der Waals surface area contributed by atoms with Crippen LogP contribution in [0.1, 0.15) is 12.6 Å². The van der Waals surface area contributed by atoms with E-state index in [9.17, 15) is 0 Å². The van der Waals surface area contributed by atoms with Gasteiger partial charge in [0, 0.05) is 11.5 Å². The molecule has 0 aliphatic heterocycles. The van der Waals surface area contributed by atoms with E-state index in [1.807, 2.05) is 40.6 Å². The van der Waals surface area contributed by atoms with Gasteiger partial charge in [0.2, 0.25) is 5.95 Å². The summed E-state index contributed by atoms with van der Waals surface area (Å²) in [6.07, 6.45) is 0.841. The average Bonchev–Trinajstić information content (AvgIpc) is 2.88. The summed E-state index contributed by atoms with van der Waals surface area (Å²) in [5, 5.41) is 4.48. The Labute approximate surface area is 119 Å². The number of nitrogen functional groups attached to an aromatic ring is 1. The molecule has 6 heteroatoms. The maximum atomic E-state index is 6.06. The number of halogens is 1. The molecule has 0 saturated heterocycles. The van der Waals surface area contributed by atoms with Gasteiger partial charge in [-0.1, -0.05) is 22.9 Å². The van der Waals surface area contributed by atoms with Crippen molar-refractivity contribution in [2.75, 3.05) is 5.73 Å². The molecule has 0 atom stereocenters. The van der Waals surface area contributed by atoms with E-state index in [0.29, 0.717) is 5.95 Å². The molecule has 1 aromatic carbocycles. The molecule has 0 aliphatic carbocycles. The molecule has 0 fully saturated rings. The Morgan fingerprint density at radius 1 is 1.26 bits per heavy atom. The van der Waals surface area contributed by atoms with Crippen LogP contribution in [0, 0.1) is 0 Å². The molecule has 5 nitrogen and oxygen atoms in total. The van der Waals surface area contributed by atoms with Crippen LogP contribution < -0.4 is 5.73 Å². The fraction of sp³-hybridized carbons (Fsp3) is 0.231. The standard InChI is InChI=1S/C13H14BrN5/c1-3-10-11-12(18(2)17-10)19(13(15)16-11)9-6-4-8(14)5-7-9/h4-7H,3H2,1-2H3,(H2,15,16). The van der Waals surface area contributed by atoms with Crippen molar-refractivity contribution in [3.8, 4) is 5.69 Å². The zero-order chi connectivity index (χ0) is 13.6. The molecule has 0 spiro atoms. The summed E-state index contributed by atoms with van der Waals surface area (Å²) in [6, 6.07) is 7.97. The van der Waals surface area contributed by atoms with Gasteiger partial charge in [0.1, 0.15) is 5.52 Å². The third-order valence-electron chi connectivity index (χ3n) is 3.15. The summed E-state index contributed by atoms with van der Waals surface area (Å²) >= 11 is 3.43. The molecular formula is C13H14BrN5. The van der Waals surface area contributed by atoms with Crippen LogP contribution in [-0.4, -0.2) is 19.3 Å². The maximum Gasteiger partial charge on any atom is 0.207 e. The zero-order valence-corrected chi connectivity index (χ0v) is 12.3. The van der Waals surface area contributed by atoms with E-state index in [2.05, 4.69) is 32.9 Å². The summed E-state index contributed by atoms with van der Waals surface area (Å²) in [5.41, 5.74) is 9.82. The van der Waals surface area contributed by atoms with Gasteiger partial charge >= 0.3 is 0 Å². The molecule has 0 aliphatic rings. The molecule has 2 N–H and O–H groups in total. The molecule has 0 radical (unpaired) electrons. The van der Waals surface area contributed by atoms with Crippen LogP contribution >= 0.6 is 15.9 Å². The van der Waals surface area contributed by atoms with Gasteiger partial charge in [-0.3, -0.25) is 4.57 Å². The number of aromatic nitrogens is 4. The Bertz CT molecular complexity index is 739. The molecule has 0 saturated carbocycles. The van der Waals surface area contributed by atoms with Crippen molar-refractivity contribution >= 4 is 33.0 Å². The summed E-state index contributed by atoms with van der Waals surface area (Å²) in [7, 11) is 1.91. The Hall–Kier alpha value is -1.82. The topological polar surface area (TPSA) is 61.7 Å². The second kappa shape index (κ2) is 4.38. The Morgan fingerprint density at radius 3 is 2.58 bits per heavy atom. The van der Waals surface area contributed by atoms with Gasteiger partial charge < -0.3 is 5.73 Å². The third-order valence-corrected chi connectivity index (χ3v) is 3.68. The van der Waals surface area contributed by atoms with Gasteiger partial charge in [-0.25, -0.2) is 9.67 Å². The Balaban J connectivity index is 2.31. The minimum Gasteiger partial charge on any atom is -0.369 e. The molecule has 2 heterocycles. The van der Waals surface area contributed by atoms with E-state index < -0.39 is 0 Å². The van der Waals surface area contributed by atoms with Crippen LogP contribution in [0.5, 0.6) is 0 Å². The number of anilines is 1. The fourth-order valence-corrected chi connectivity index (χ4v) is 2.54. The van der Waals surface area contributed by atoms with Gasteiger partial charge in [-0.05, 0) is 30.7 Å². The van der Waals surface area contributed by atoms with Gasteiger partial charge in [0.25, 0.3) is 0 Å². The van der Waals surface area contributed by atoms with Crippen LogP contribution in [0.3, 0.4) is 0 Å². The summed E-state index contributed by atoms with van der Waals surface area (Å²) < 4.78 is 4.79. The number of fused-ring (bicyclic) bond motifs is 1. The lowest BCUT2D eigenvalue weighted by atomic mass is 10.3. The number of nitrogens with two attached hydrogens (primary N) is 1. The molecule has 3 aromatic rings. The fourth-order valence-electron chi connectivity index (χ4n) is 2.28. The highest BCUT2D eigenvalue weighted by atomic mass is 79.9. The lowest BCUT2D eigenvalue weighted by molar-refractivity contribution is 0.751. The number of hydrogen-bond acceptors (Lipinski definition) is 3. The van der Waals surface area contributed by atoms with E-state index in [1.54, 1.807) is 0 Å². The quantitative estimate of drug-likeness (QED) is 0.790. The maximum absolute atomic E-state index is 6.06. The highest BCUT2D eigenvalue weighted by Crippen LogP contribution is 2.26. The first kappa shape index (κ1) is 12.2. The minimum absolute atomic E-state index is 0.486. The van der Waals surface area contributed by atoms with E-state index in [1.165, 1.54) is 0 Å². The smallest absolute Gasteiger partial charge is 0.207 e. The largest absolute Gasteiger partial charge is 0.369 e. The van der Waals surface area contributed by atoms with Gasteiger partial charge in [0.05, 0.1) is 11.4 Å². The van der Waals surface area contributed by atoms with Crippen LogP contribution in [0.15, 0.2) is 28.7 Å². The lowest BCUT2D eigenvalue weighted by Crippen LogP contribution is -2.04. The van der Waals surface area contributed by atoms with Gasteiger partial charge in [-0.15, -0.1) is 0 Å². The first-order chi connectivity index (χ1) is 9.11. The van der Waals surface area contributed by atoms with Crippen molar-refractivity contribution in [1.82, 2.24) is 19.3 Å². The van der Waals surface area contributed by atoms with E-state index >= 15 is 0 Å². The first-order valence-electron chi connectivity index (χ1n) is 6.07. The van der Waals surface area contributed by atoms with Crippen molar-refractivity contribution in [3.05, 3.63) is 34.4 Å². The number of aryl methyl sites for hydroxylation is 2. The van der Waals surface area contributed by atoms with Crippen molar-refractivity contribution in [1.29, 1.82) is 0 Å². The molecule has 19 heavy (non-hydrogen) atoms. The SMILES string of the molecule is CCc1nn(C)c2c1nc(N)n2-c1ccc(Br)cc1. The van der Waals surface area contributed by atoms with Crippen molar-refractivity contribution in [2.45, 2.75) is 13.3 Å². The molecule has 0 amide bonds. The minimum atomic E-state index is 0.486. The monoisotopic (exact) mass is 319 g/mol. The molecule has 0 unspecified atom stereocenters. The molecule has 2 aromatic heterocycles. The molecule has 0 bridgehead atoms. The first-order valence-corrected chi connectivity index (χ1v) is 6.87. The highest BCUT2D eigenvalue weighted by Gasteiger charge is 2.17. The molecular weight excluding hydrogens is 306 g/mol. The second-order valence-corrected chi connectivity index (χ2v) is 5.29. The van der Waals surface area contributed by atoms with E-state index in [0.717, 1.165) is 33.4 Å². The summed E-state index contributed by atoms with van der Waals surface area (Å²) in [5.74, 6) is 0.486. The van der Waals surface area contributed by atoms with Gasteiger partial charge in [-0.2, -0.15) is 5.10 Å². The zero-order valence-electron chi connectivity index (χ0n) is 10.8. The highest BCUT2D eigenvalue weighted by molar-refractivity contribution is 9.10. The van der Waals surface area contributed by atoms with Crippen molar-refractivity contribution in [3.63, 3.8) is 0 Å². The summed E-state index contributed by atoms with van der Waals surface area (Å²) in [6.45, 7) is 2.07. The van der Waals surface area contributed by atoms with E-state index in [-0.39, 0.29) is 0 Å². The van der Waals surface area contributed by atoms with Crippen LogP contribution in [0.25, 0.3) is 16.9 Å². The predicted octanol–water partition coefficient (Wildman–Crippen LogP) is 2.67. The van der Waals surface area contributed by atoms with Crippen molar-refractivity contribution < 1.29 is 0 Å². The second-order valence-electron chi connectivity index (χ2n) is 4.38. The Kier molecular flexibility index (Phi) is 2.82. The number of imidazole rings is 1. The number of benzene rings is 1. The van der Waals surface area contributed by atoms with Crippen LogP contribution in [0.4, 0.5) is 5.95 Å². The third kappa shape index (κ3) is 1.83. The molecule has 98 valence electrons.